The van der Waals surface area contributed by atoms with Crippen LogP contribution in [-0.4, -0.2) is 32.7 Å². The lowest BCUT2D eigenvalue weighted by molar-refractivity contribution is 0.248. The molecule has 7 nitrogen and oxygen atoms in total. The number of pyridine rings is 1. The number of aromatic nitrogens is 3. The standard InChI is InChI=1S/C20H20F4N6O/c1-10(2)15(9-31)27-20-26-14(11-4-3-5-25-8-11)7-16(28-20)29-30-19-17(23)12(21)6-13(22)18(19)24/h3-8,10,15,30-31H,9H2,1-2H3,(H2,26,27,28,29)/t15-/m1/s1. The zero-order valence-electron chi connectivity index (χ0n) is 16.6. The molecule has 164 valence electrons. The van der Waals surface area contributed by atoms with Crippen molar-refractivity contribution in [1.82, 2.24) is 15.0 Å². The Balaban J connectivity index is 1.95. The zero-order valence-corrected chi connectivity index (χ0v) is 16.6. The van der Waals surface area contributed by atoms with Crippen LogP contribution in [0.25, 0.3) is 11.3 Å². The first-order valence-electron chi connectivity index (χ1n) is 9.32. The van der Waals surface area contributed by atoms with E-state index in [0.29, 0.717) is 11.3 Å². The van der Waals surface area contributed by atoms with E-state index in [1.54, 1.807) is 24.5 Å². The Morgan fingerprint density at radius 3 is 2.29 bits per heavy atom. The first kappa shape index (κ1) is 22.2. The Labute approximate surface area is 175 Å². The van der Waals surface area contributed by atoms with Crippen molar-refractivity contribution in [3.63, 3.8) is 0 Å². The second-order valence-corrected chi connectivity index (χ2v) is 6.97. The number of nitrogens with zero attached hydrogens (tertiary/aromatic N) is 3. The number of anilines is 3. The third-order valence-corrected chi connectivity index (χ3v) is 4.43. The lowest BCUT2D eigenvalue weighted by atomic mass is 10.1. The van der Waals surface area contributed by atoms with Gasteiger partial charge >= 0.3 is 0 Å². The van der Waals surface area contributed by atoms with Gasteiger partial charge in [0.2, 0.25) is 5.95 Å². The van der Waals surface area contributed by atoms with Crippen LogP contribution >= 0.6 is 0 Å². The molecular formula is C20H20F4N6O. The van der Waals surface area contributed by atoms with Crippen molar-refractivity contribution in [3.05, 3.63) is 59.9 Å². The summed E-state index contributed by atoms with van der Waals surface area (Å²) in [4.78, 5) is 12.6. The summed E-state index contributed by atoms with van der Waals surface area (Å²) in [5.41, 5.74) is 4.53. The van der Waals surface area contributed by atoms with Crippen LogP contribution in [-0.2, 0) is 0 Å². The molecule has 0 fully saturated rings. The summed E-state index contributed by atoms with van der Waals surface area (Å²) in [6, 6.07) is 4.63. The summed E-state index contributed by atoms with van der Waals surface area (Å²) in [5, 5.41) is 12.6. The Morgan fingerprint density at radius 2 is 1.71 bits per heavy atom. The van der Waals surface area contributed by atoms with E-state index in [2.05, 4.69) is 31.1 Å². The molecule has 0 aliphatic heterocycles. The summed E-state index contributed by atoms with van der Waals surface area (Å²) < 4.78 is 54.7. The van der Waals surface area contributed by atoms with E-state index in [1.165, 1.54) is 6.07 Å². The minimum atomic E-state index is -1.59. The monoisotopic (exact) mass is 436 g/mol. The number of aliphatic hydroxyl groups is 1. The van der Waals surface area contributed by atoms with Crippen molar-refractivity contribution < 1.29 is 22.7 Å². The first-order valence-corrected chi connectivity index (χ1v) is 9.32. The first-order chi connectivity index (χ1) is 14.8. The average Bonchev–Trinajstić information content (AvgIpc) is 2.76. The van der Waals surface area contributed by atoms with Gasteiger partial charge in [0.25, 0.3) is 0 Å². The van der Waals surface area contributed by atoms with Gasteiger partial charge in [-0.25, -0.2) is 22.5 Å². The SMILES string of the molecule is CC(C)[C@@H](CO)Nc1nc(NNc2c(F)c(F)cc(F)c2F)cc(-c2cccnc2)n1. The minimum Gasteiger partial charge on any atom is -0.394 e. The van der Waals surface area contributed by atoms with Crippen LogP contribution in [0.5, 0.6) is 0 Å². The normalized spacial score (nSPS) is 12.0. The molecule has 4 N–H and O–H groups in total. The topological polar surface area (TPSA) is 95.0 Å². The largest absolute Gasteiger partial charge is 0.394 e. The van der Waals surface area contributed by atoms with Crippen molar-refractivity contribution in [2.45, 2.75) is 19.9 Å². The molecule has 1 aromatic carbocycles. The quantitative estimate of drug-likeness (QED) is 0.241. The molecule has 0 bridgehead atoms. The number of hydrogen-bond donors (Lipinski definition) is 4. The van der Waals surface area contributed by atoms with Gasteiger partial charge in [-0.1, -0.05) is 13.8 Å². The molecular weight excluding hydrogens is 416 g/mol. The second-order valence-electron chi connectivity index (χ2n) is 6.97. The summed E-state index contributed by atoms with van der Waals surface area (Å²) in [6.07, 6.45) is 3.13. The average molecular weight is 436 g/mol. The number of benzene rings is 1. The molecule has 0 radical (unpaired) electrons. The predicted octanol–water partition coefficient (Wildman–Crippen LogP) is 3.96. The molecule has 0 spiro atoms. The highest BCUT2D eigenvalue weighted by Gasteiger charge is 2.20. The van der Waals surface area contributed by atoms with Gasteiger partial charge in [-0.2, -0.15) is 4.98 Å². The molecule has 0 aliphatic rings. The van der Waals surface area contributed by atoms with E-state index in [-0.39, 0.29) is 36.4 Å². The highest BCUT2D eigenvalue weighted by Crippen LogP contribution is 2.25. The number of hydrogen-bond acceptors (Lipinski definition) is 7. The van der Waals surface area contributed by atoms with Crippen LogP contribution in [0.1, 0.15) is 13.8 Å². The molecule has 0 unspecified atom stereocenters. The molecule has 2 heterocycles. The van der Waals surface area contributed by atoms with Crippen LogP contribution < -0.4 is 16.2 Å². The Bertz CT molecular complexity index is 1030. The van der Waals surface area contributed by atoms with Gasteiger partial charge in [0.1, 0.15) is 5.69 Å². The number of aliphatic hydroxyl groups excluding tert-OH is 1. The molecule has 0 saturated carbocycles. The van der Waals surface area contributed by atoms with Crippen molar-refractivity contribution in [3.8, 4) is 11.3 Å². The Morgan fingerprint density at radius 1 is 1.00 bits per heavy atom. The molecule has 11 heteroatoms. The van der Waals surface area contributed by atoms with Gasteiger partial charge in [0.15, 0.2) is 29.1 Å². The van der Waals surface area contributed by atoms with E-state index < -0.39 is 29.0 Å². The highest BCUT2D eigenvalue weighted by atomic mass is 19.2. The molecule has 3 aromatic rings. The van der Waals surface area contributed by atoms with E-state index in [0.717, 1.165) is 0 Å². The van der Waals surface area contributed by atoms with Crippen LogP contribution in [0.15, 0.2) is 36.7 Å². The van der Waals surface area contributed by atoms with Crippen molar-refractivity contribution in [2.75, 3.05) is 22.8 Å². The number of hydrazine groups is 1. The van der Waals surface area contributed by atoms with Gasteiger partial charge in [-0.15, -0.1) is 0 Å². The van der Waals surface area contributed by atoms with E-state index in [4.69, 9.17) is 0 Å². The summed E-state index contributed by atoms with van der Waals surface area (Å²) in [6.45, 7) is 3.60. The fourth-order valence-corrected chi connectivity index (χ4v) is 2.64. The molecule has 1 atom stereocenters. The van der Waals surface area contributed by atoms with Crippen molar-refractivity contribution >= 4 is 17.5 Å². The van der Waals surface area contributed by atoms with Crippen LogP contribution in [0.4, 0.5) is 35.0 Å². The van der Waals surface area contributed by atoms with Crippen molar-refractivity contribution in [1.29, 1.82) is 0 Å². The summed E-state index contributed by atoms with van der Waals surface area (Å²) >= 11 is 0. The predicted molar refractivity (Wildman–Crippen MR) is 108 cm³/mol. The summed E-state index contributed by atoms with van der Waals surface area (Å²) in [5.74, 6) is -6.08. The molecule has 0 amide bonds. The molecule has 2 aromatic heterocycles. The summed E-state index contributed by atoms with van der Waals surface area (Å²) in [7, 11) is 0. The van der Waals surface area contributed by atoms with E-state index in [9.17, 15) is 22.7 Å². The van der Waals surface area contributed by atoms with Gasteiger partial charge < -0.3 is 10.4 Å². The maximum atomic E-state index is 13.9. The van der Waals surface area contributed by atoms with E-state index in [1.807, 2.05) is 13.8 Å². The maximum absolute atomic E-state index is 13.9. The number of rotatable bonds is 8. The Kier molecular flexibility index (Phi) is 6.85. The fraction of sp³-hybridized carbons (Fsp3) is 0.250. The van der Waals surface area contributed by atoms with Crippen LogP contribution in [0.2, 0.25) is 0 Å². The van der Waals surface area contributed by atoms with E-state index >= 15 is 0 Å². The van der Waals surface area contributed by atoms with Crippen LogP contribution in [0.3, 0.4) is 0 Å². The highest BCUT2D eigenvalue weighted by molar-refractivity contribution is 5.64. The molecule has 31 heavy (non-hydrogen) atoms. The second kappa shape index (κ2) is 9.56. The van der Waals surface area contributed by atoms with Crippen LogP contribution in [0, 0.1) is 29.2 Å². The Hall–Kier alpha value is -3.47. The smallest absolute Gasteiger partial charge is 0.225 e. The fourth-order valence-electron chi connectivity index (χ4n) is 2.64. The number of halogens is 4. The van der Waals surface area contributed by atoms with Gasteiger partial charge in [-0.3, -0.25) is 15.8 Å². The lowest BCUT2D eigenvalue weighted by Gasteiger charge is -2.21. The maximum Gasteiger partial charge on any atom is 0.225 e. The zero-order chi connectivity index (χ0) is 22.5. The number of nitrogens with one attached hydrogen (secondary N) is 3. The third kappa shape index (κ3) is 5.18. The minimum absolute atomic E-state index is 0.0419. The third-order valence-electron chi connectivity index (χ3n) is 4.43. The lowest BCUT2D eigenvalue weighted by Crippen LogP contribution is -2.30. The molecule has 0 saturated heterocycles. The molecule has 0 aliphatic carbocycles. The van der Waals surface area contributed by atoms with Gasteiger partial charge in [0, 0.05) is 30.1 Å². The molecule has 3 rings (SSSR count). The van der Waals surface area contributed by atoms with Gasteiger partial charge in [-0.05, 0) is 18.1 Å². The van der Waals surface area contributed by atoms with Gasteiger partial charge in [0.05, 0.1) is 18.3 Å². The van der Waals surface area contributed by atoms with Crippen molar-refractivity contribution in [2.24, 2.45) is 5.92 Å².